The van der Waals surface area contributed by atoms with E-state index in [0.29, 0.717) is 22.4 Å². The highest BCUT2D eigenvalue weighted by molar-refractivity contribution is 6.33. The Morgan fingerprint density at radius 3 is 2.50 bits per heavy atom. The average molecular weight is 392 g/mol. The predicted octanol–water partition coefficient (Wildman–Crippen LogP) is 5.60. The Hall–Kier alpha value is -3.31. The molecule has 0 aliphatic rings. The van der Waals surface area contributed by atoms with Gasteiger partial charge in [-0.25, -0.2) is 0 Å². The van der Waals surface area contributed by atoms with Crippen LogP contribution in [0, 0.1) is 0 Å². The van der Waals surface area contributed by atoms with Crippen molar-refractivity contribution in [3.8, 4) is 17.2 Å². The van der Waals surface area contributed by atoms with E-state index in [1.165, 1.54) is 0 Å². The van der Waals surface area contributed by atoms with Gasteiger partial charge in [-0.15, -0.1) is 10.2 Å². The molecule has 28 heavy (non-hydrogen) atoms. The summed E-state index contributed by atoms with van der Waals surface area (Å²) in [6.07, 6.45) is 0. The smallest absolute Gasteiger partial charge is 0.249 e. The lowest BCUT2D eigenvalue weighted by Crippen LogP contribution is -2.12. The number of nitrogens with one attached hydrogen (secondary N) is 1. The van der Waals surface area contributed by atoms with Crippen LogP contribution in [0.5, 0.6) is 5.75 Å². The zero-order valence-corrected chi connectivity index (χ0v) is 15.9. The number of aromatic nitrogens is 2. The Morgan fingerprint density at radius 1 is 0.929 bits per heavy atom. The highest BCUT2D eigenvalue weighted by atomic mass is 35.5. The molecular weight excluding hydrogens is 374 g/mol. The molecule has 1 N–H and O–H groups in total. The molecule has 6 heteroatoms. The highest BCUT2D eigenvalue weighted by Crippen LogP contribution is 2.31. The van der Waals surface area contributed by atoms with Crippen molar-refractivity contribution in [2.24, 2.45) is 0 Å². The van der Waals surface area contributed by atoms with E-state index in [1.807, 2.05) is 72.8 Å². The number of nitrogens with zero attached hydrogens (tertiary/aromatic N) is 2. The molecule has 0 spiro atoms. The Kier molecular flexibility index (Phi) is 5.26. The molecule has 0 unspecified atom stereocenters. The molecule has 1 aromatic heterocycles. The third-order valence-corrected chi connectivity index (χ3v) is 4.64. The quantitative estimate of drug-likeness (QED) is 0.463. The summed E-state index contributed by atoms with van der Waals surface area (Å²) < 4.78 is 11.3. The second-order valence-electron chi connectivity index (χ2n) is 6.15. The van der Waals surface area contributed by atoms with Gasteiger partial charge in [0.15, 0.2) is 0 Å². The molecule has 4 rings (SSSR count). The molecule has 1 atom stereocenters. The maximum atomic E-state index is 6.27. The first-order chi connectivity index (χ1) is 13.7. The monoisotopic (exact) mass is 391 g/mol. The molecule has 140 valence electrons. The Bertz CT molecular complexity index is 1070. The van der Waals surface area contributed by atoms with Crippen molar-refractivity contribution >= 4 is 17.3 Å². The van der Waals surface area contributed by atoms with Crippen LogP contribution in [0.1, 0.15) is 17.5 Å². The summed E-state index contributed by atoms with van der Waals surface area (Å²) in [5.74, 6) is 1.59. The van der Waals surface area contributed by atoms with Gasteiger partial charge in [-0.3, -0.25) is 0 Å². The molecule has 0 saturated carbocycles. The summed E-state index contributed by atoms with van der Waals surface area (Å²) >= 11 is 6.27. The minimum absolute atomic E-state index is 0.322. The molecule has 0 saturated heterocycles. The van der Waals surface area contributed by atoms with E-state index in [0.717, 1.165) is 17.0 Å². The van der Waals surface area contributed by atoms with Crippen LogP contribution in [-0.4, -0.2) is 17.3 Å². The van der Waals surface area contributed by atoms with Crippen LogP contribution in [0.2, 0.25) is 5.02 Å². The molecule has 1 heterocycles. The van der Waals surface area contributed by atoms with Crippen LogP contribution < -0.4 is 10.1 Å². The van der Waals surface area contributed by atoms with Crippen LogP contribution in [0.25, 0.3) is 11.5 Å². The summed E-state index contributed by atoms with van der Waals surface area (Å²) in [5.41, 5.74) is 2.58. The number of rotatable bonds is 6. The molecule has 4 aromatic rings. The van der Waals surface area contributed by atoms with Gasteiger partial charge >= 0.3 is 0 Å². The summed E-state index contributed by atoms with van der Waals surface area (Å²) in [4.78, 5) is 0. The number of hydrogen-bond acceptors (Lipinski definition) is 5. The van der Waals surface area contributed by atoms with Crippen LogP contribution in [0.4, 0.5) is 5.69 Å². The lowest BCUT2D eigenvalue weighted by atomic mass is 10.1. The second kappa shape index (κ2) is 8.15. The lowest BCUT2D eigenvalue weighted by molar-refractivity contribution is 0.415. The SMILES string of the molecule is COc1cccc(N[C@@H](c2ccccc2)c2nnc(-c3ccccc3Cl)o2)c1. The fraction of sp³-hybridized carbons (Fsp3) is 0.0909. The van der Waals surface area contributed by atoms with Crippen molar-refractivity contribution in [3.05, 3.63) is 95.3 Å². The zero-order chi connectivity index (χ0) is 19.3. The minimum Gasteiger partial charge on any atom is -0.497 e. The van der Waals surface area contributed by atoms with Crippen molar-refractivity contribution in [3.63, 3.8) is 0 Å². The van der Waals surface area contributed by atoms with E-state index in [4.69, 9.17) is 20.8 Å². The highest BCUT2D eigenvalue weighted by Gasteiger charge is 2.22. The number of hydrogen-bond donors (Lipinski definition) is 1. The van der Waals surface area contributed by atoms with Gasteiger partial charge in [0.2, 0.25) is 11.8 Å². The fourth-order valence-corrected chi connectivity index (χ4v) is 3.12. The maximum absolute atomic E-state index is 6.27. The molecule has 0 aliphatic heterocycles. The van der Waals surface area contributed by atoms with Crippen molar-refractivity contribution in [2.45, 2.75) is 6.04 Å². The first-order valence-electron chi connectivity index (χ1n) is 8.78. The molecule has 0 aliphatic carbocycles. The topological polar surface area (TPSA) is 60.2 Å². The number of anilines is 1. The summed E-state index contributed by atoms with van der Waals surface area (Å²) in [6, 6.07) is 24.7. The predicted molar refractivity (Wildman–Crippen MR) is 110 cm³/mol. The van der Waals surface area contributed by atoms with Crippen molar-refractivity contribution in [2.75, 3.05) is 12.4 Å². The number of halogens is 1. The van der Waals surface area contributed by atoms with E-state index >= 15 is 0 Å². The normalized spacial score (nSPS) is 11.8. The van der Waals surface area contributed by atoms with Gasteiger partial charge in [0.1, 0.15) is 11.8 Å². The van der Waals surface area contributed by atoms with Crippen LogP contribution >= 0.6 is 11.6 Å². The largest absolute Gasteiger partial charge is 0.497 e. The zero-order valence-electron chi connectivity index (χ0n) is 15.2. The molecule has 3 aromatic carbocycles. The van der Waals surface area contributed by atoms with Gasteiger partial charge in [0.25, 0.3) is 0 Å². The van der Waals surface area contributed by atoms with E-state index < -0.39 is 0 Å². The summed E-state index contributed by atoms with van der Waals surface area (Å²) in [5, 5.41) is 12.5. The van der Waals surface area contributed by atoms with E-state index in [1.54, 1.807) is 13.2 Å². The van der Waals surface area contributed by atoms with Gasteiger partial charge in [0, 0.05) is 11.8 Å². The third kappa shape index (κ3) is 3.85. The Balaban J connectivity index is 1.71. The van der Waals surface area contributed by atoms with Gasteiger partial charge in [-0.05, 0) is 29.8 Å². The first kappa shape index (κ1) is 18.1. The van der Waals surface area contributed by atoms with Crippen molar-refractivity contribution in [1.29, 1.82) is 0 Å². The molecule has 0 bridgehead atoms. The number of ether oxygens (including phenoxy) is 1. The molecule has 0 radical (unpaired) electrons. The fourth-order valence-electron chi connectivity index (χ4n) is 2.91. The van der Waals surface area contributed by atoms with Gasteiger partial charge in [-0.1, -0.05) is 60.1 Å². The third-order valence-electron chi connectivity index (χ3n) is 4.31. The first-order valence-corrected chi connectivity index (χ1v) is 9.16. The lowest BCUT2D eigenvalue weighted by Gasteiger charge is -2.17. The van der Waals surface area contributed by atoms with Crippen LogP contribution in [-0.2, 0) is 0 Å². The second-order valence-corrected chi connectivity index (χ2v) is 6.55. The standard InChI is InChI=1S/C22H18ClN3O2/c1-27-17-11-7-10-16(14-17)24-20(15-8-3-2-4-9-15)22-26-25-21(28-22)18-12-5-6-13-19(18)23/h2-14,20,24H,1H3/t20-/m0/s1. The summed E-state index contributed by atoms with van der Waals surface area (Å²) in [6.45, 7) is 0. The molecular formula is C22H18ClN3O2. The molecule has 0 fully saturated rings. The van der Waals surface area contributed by atoms with Gasteiger partial charge < -0.3 is 14.5 Å². The van der Waals surface area contributed by atoms with Crippen molar-refractivity contribution < 1.29 is 9.15 Å². The van der Waals surface area contributed by atoms with Crippen LogP contribution in [0.3, 0.4) is 0 Å². The number of benzene rings is 3. The average Bonchev–Trinajstić information content (AvgIpc) is 3.23. The Morgan fingerprint density at radius 2 is 1.71 bits per heavy atom. The van der Waals surface area contributed by atoms with Gasteiger partial charge in [0.05, 0.1) is 17.7 Å². The Labute approximate surface area is 168 Å². The van der Waals surface area contributed by atoms with Crippen molar-refractivity contribution in [1.82, 2.24) is 10.2 Å². The summed E-state index contributed by atoms with van der Waals surface area (Å²) in [7, 11) is 1.64. The number of methoxy groups -OCH3 is 1. The van der Waals surface area contributed by atoms with E-state index in [-0.39, 0.29) is 6.04 Å². The minimum atomic E-state index is -0.322. The van der Waals surface area contributed by atoms with Gasteiger partial charge in [-0.2, -0.15) is 0 Å². The maximum Gasteiger partial charge on any atom is 0.249 e. The molecule has 0 amide bonds. The van der Waals surface area contributed by atoms with E-state index in [9.17, 15) is 0 Å². The van der Waals surface area contributed by atoms with Crippen LogP contribution in [0.15, 0.2) is 83.3 Å². The molecule has 5 nitrogen and oxygen atoms in total. The van der Waals surface area contributed by atoms with E-state index in [2.05, 4.69) is 15.5 Å².